The van der Waals surface area contributed by atoms with E-state index in [4.69, 9.17) is 14.2 Å². The van der Waals surface area contributed by atoms with Gasteiger partial charge >= 0.3 is 17.9 Å². The first-order valence-corrected chi connectivity index (χ1v) is 31.0. The normalized spacial score (nSPS) is 12.9. The van der Waals surface area contributed by atoms with Crippen molar-refractivity contribution in [1.82, 2.24) is 0 Å². The van der Waals surface area contributed by atoms with Crippen LogP contribution >= 0.6 is 0 Å². The van der Waals surface area contributed by atoms with Gasteiger partial charge in [-0.2, -0.15) is 0 Å². The zero-order valence-electron chi connectivity index (χ0n) is 48.8. The van der Waals surface area contributed by atoms with Crippen molar-refractivity contribution >= 4 is 17.9 Å². The molecule has 0 radical (unpaired) electrons. The molecule has 1 atom stereocenters. The van der Waals surface area contributed by atoms with Crippen LogP contribution in [0.4, 0.5) is 0 Å². The van der Waals surface area contributed by atoms with Crippen LogP contribution in [-0.4, -0.2) is 37.2 Å². The van der Waals surface area contributed by atoms with Crippen LogP contribution < -0.4 is 0 Å². The standard InChI is InChI=1S/C69H114O6/c1-4-7-10-13-16-19-22-25-27-28-29-30-31-32-33-34-35-36-37-38-39-40-42-44-47-50-53-56-59-62-68(71)74-65-66(64-73-67(70)61-58-55-52-49-46-43-24-21-18-15-12-9-6-3)75-69(72)63-60-57-54-51-48-45-41-26-23-20-17-14-11-8-5-2/h7,10,16-17,19-20,25-27,29-30,32-33,35-36,38-39,41-42,44,66H,4-6,8-9,11-15,18,21-24,28,31,34,37,40,43,45-65H2,1-3H3/b10-7-,19-16-,20-17-,27-25-,30-29-,33-32-,36-35-,39-38-,41-26-,44-42-. The Hall–Kier alpha value is -4.19. The minimum absolute atomic E-state index is 0.0920. The zero-order chi connectivity index (χ0) is 54.3. The third-order valence-corrected chi connectivity index (χ3v) is 13.0. The van der Waals surface area contributed by atoms with Gasteiger partial charge in [-0.05, 0) is 116 Å². The first-order valence-electron chi connectivity index (χ1n) is 31.0. The quantitative estimate of drug-likeness (QED) is 0.0261. The lowest BCUT2D eigenvalue weighted by Gasteiger charge is -2.18. The fourth-order valence-corrected chi connectivity index (χ4v) is 8.31. The average Bonchev–Trinajstić information content (AvgIpc) is 3.41. The monoisotopic (exact) mass is 1040 g/mol. The Balaban J connectivity index is 4.38. The summed E-state index contributed by atoms with van der Waals surface area (Å²) >= 11 is 0. The molecule has 0 aliphatic carbocycles. The Morgan fingerprint density at radius 2 is 0.520 bits per heavy atom. The van der Waals surface area contributed by atoms with Gasteiger partial charge in [-0.1, -0.05) is 264 Å². The zero-order valence-corrected chi connectivity index (χ0v) is 48.8. The van der Waals surface area contributed by atoms with Gasteiger partial charge in [0.2, 0.25) is 0 Å². The largest absolute Gasteiger partial charge is 0.462 e. The summed E-state index contributed by atoms with van der Waals surface area (Å²) in [4.78, 5) is 38.2. The Morgan fingerprint density at radius 1 is 0.280 bits per heavy atom. The van der Waals surface area contributed by atoms with Crippen molar-refractivity contribution in [3.05, 3.63) is 122 Å². The molecular formula is C69H114O6. The van der Waals surface area contributed by atoms with Gasteiger partial charge in [-0.25, -0.2) is 0 Å². The highest BCUT2D eigenvalue weighted by molar-refractivity contribution is 5.71. The van der Waals surface area contributed by atoms with Crippen molar-refractivity contribution in [2.24, 2.45) is 0 Å². The minimum Gasteiger partial charge on any atom is -0.462 e. The average molecular weight is 1040 g/mol. The summed E-state index contributed by atoms with van der Waals surface area (Å²) in [5.74, 6) is -0.929. The highest BCUT2D eigenvalue weighted by Crippen LogP contribution is 2.15. The number of hydrogen-bond acceptors (Lipinski definition) is 6. The predicted octanol–water partition coefficient (Wildman–Crippen LogP) is 21.2. The summed E-state index contributed by atoms with van der Waals surface area (Å²) < 4.78 is 16.9. The number of rotatable bonds is 55. The molecule has 0 aliphatic heterocycles. The van der Waals surface area contributed by atoms with Gasteiger partial charge in [-0.15, -0.1) is 0 Å². The van der Waals surface area contributed by atoms with Crippen molar-refractivity contribution in [1.29, 1.82) is 0 Å². The van der Waals surface area contributed by atoms with Crippen molar-refractivity contribution in [2.45, 2.75) is 284 Å². The minimum atomic E-state index is -0.798. The molecule has 0 rings (SSSR count). The van der Waals surface area contributed by atoms with Crippen molar-refractivity contribution in [3.8, 4) is 0 Å². The summed E-state index contributed by atoms with van der Waals surface area (Å²) in [6.45, 7) is 6.47. The summed E-state index contributed by atoms with van der Waals surface area (Å²) in [5.41, 5.74) is 0. The maximum atomic E-state index is 12.9. The molecule has 0 amide bonds. The Bertz CT molecular complexity index is 1570. The molecule has 0 aromatic carbocycles. The van der Waals surface area contributed by atoms with Crippen LogP contribution in [0.2, 0.25) is 0 Å². The lowest BCUT2D eigenvalue weighted by Crippen LogP contribution is -2.30. The second kappa shape index (κ2) is 62.4. The van der Waals surface area contributed by atoms with Gasteiger partial charge < -0.3 is 14.2 Å². The molecule has 6 nitrogen and oxygen atoms in total. The van der Waals surface area contributed by atoms with Crippen LogP contribution in [0.15, 0.2) is 122 Å². The SMILES string of the molecule is CC/C=C\C/C=C\C/C=C\C/C=C\C/C=C\C/C=C\C/C=C\C/C=C\CCCCCCC(=O)OCC(COC(=O)CCCCCCCCCCCCCCC)OC(=O)CCCCCCC/C=C\C/C=C\CCCCC. The molecule has 75 heavy (non-hydrogen) atoms. The number of ether oxygens (including phenoxy) is 3. The van der Waals surface area contributed by atoms with Gasteiger partial charge in [0.05, 0.1) is 0 Å². The highest BCUT2D eigenvalue weighted by atomic mass is 16.6. The van der Waals surface area contributed by atoms with Crippen LogP contribution in [0.25, 0.3) is 0 Å². The van der Waals surface area contributed by atoms with Gasteiger partial charge in [0.1, 0.15) is 13.2 Å². The molecule has 0 spiro atoms. The van der Waals surface area contributed by atoms with Gasteiger partial charge in [0.25, 0.3) is 0 Å². The number of unbranched alkanes of at least 4 members (excludes halogenated alkanes) is 24. The second-order valence-electron chi connectivity index (χ2n) is 20.2. The molecule has 0 aromatic heterocycles. The number of allylic oxidation sites excluding steroid dienone is 20. The van der Waals surface area contributed by atoms with E-state index in [2.05, 4.69) is 142 Å². The predicted molar refractivity (Wildman–Crippen MR) is 325 cm³/mol. The van der Waals surface area contributed by atoms with E-state index in [1.165, 1.54) is 89.9 Å². The summed E-state index contributed by atoms with van der Waals surface area (Å²) in [5, 5.41) is 0. The Labute approximate surface area is 462 Å². The second-order valence-corrected chi connectivity index (χ2v) is 20.2. The van der Waals surface area contributed by atoms with E-state index >= 15 is 0 Å². The Morgan fingerprint density at radius 3 is 0.840 bits per heavy atom. The van der Waals surface area contributed by atoms with Crippen LogP contribution in [-0.2, 0) is 28.6 Å². The molecular weight excluding hydrogens is 925 g/mol. The number of hydrogen-bond donors (Lipinski definition) is 0. The third-order valence-electron chi connectivity index (χ3n) is 13.0. The van der Waals surface area contributed by atoms with Crippen LogP contribution in [0, 0.1) is 0 Å². The fraction of sp³-hybridized carbons (Fsp3) is 0.667. The maximum absolute atomic E-state index is 12.9. The van der Waals surface area contributed by atoms with Crippen LogP contribution in [0.5, 0.6) is 0 Å². The van der Waals surface area contributed by atoms with E-state index in [-0.39, 0.29) is 31.1 Å². The number of carbonyl (C=O) groups excluding carboxylic acids is 3. The third kappa shape index (κ3) is 60.6. The summed E-state index contributed by atoms with van der Waals surface area (Å²) in [6, 6.07) is 0. The first kappa shape index (κ1) is 70.8. The molecule has 0 fully saturated rings. The van der Waals surface area contributed by atoms with Crippen molar-refractivity contribution < 1.29 is 28.6 Å². The maximum Gasteiger partial charge on any atom is 0.306 e. The number of carbonyl (C=O) groups is 3. The smallest absolute Gasteiger partial charge is 0.306 e. The summed E-state index contributed by atoms with van der Waals surface area (Å²) in [6.07, 6.45) is 86.2. The van der Waals surface area contributed by atoms with E-state index in [0.717, 1.165) is 148 Å². The Kier molecular flexibility index (Phi) is 58.9. The van der Waals surface area contributed by atoms with E-state index in [1.807, 2.05) is 0 Å². The van der Waals surface area contributed by atoms with Gasteiger partial charge in [-0.3, -0.25) is 14.4 Å². The molecule has 0 saturated carbocycles. The lowest BCUT2D eigenvalue weighted by molar-refractivity contribution is -0.167. The molecule has 426 valence electrons. The van der Waals surface area contributed by atoms with E-state index in [0.29, 0.717) is 19.3 Å². The molecule has 0 N–H and O–H groups in total. The molecule has 0 aromatic rings. The first-order chi connectivity index (χ1) is 37.0. The molecule has 0 aliphatic rings. The fourth-order valence-electron chi connectivity index (χ4n) is 8.31. The summed E-state index contributed by atoms with van der Waals surface area (Å²) in [7, 11) is 0. The molecule has 6 heteroatoms. The molecule has 0 saturated heterocycles. The topological polar surface area (TPSA) is 78.9 Å². The molecule has 0 heterocycles. The van der Waals surface area contributed by atoms with E-state index < -0.39 is 6.10 Å². The van der Waals surface area contributed by atoms with Crippen LogP contribution in [0.3, 0.4) is 0 Å². The number of esters is 3. The molecule has 1 unspecified atom stereocenters. The van der Waals surface area contributed by atoms with E-state index in [9.17, 15) is 14.4 Å². The van der Waals surface area contributed by atoms with Gasteiger partial charge in [0, 0.05) is 19.3 Å². The lowest BCUT2D eigenvalue weighted by atomic mass is 10.0. The van der Waals surface area contributed by atoms with Crippen molar-refractivity contribution in [3.63, 3.8) is 0 Å². The van der Waals surface area contributed by atoms with Crippen molar-refractivity contribution in [2.75, 3.05) is 13.2 Å². The highest BCUT2D eigenvalue weighted by Gasteiger charge is 2.19. The van der Waals surface area contributed by atoms with Crippen LogP contribution in [0.1, 0.15) is 278 Å². The van der Waals surface area contributed by atoms with Gasteiger partial charge in [0.15, 0.2) is 6.10 Å². The van der Waals surface area contributed by atoms with E-state index in [1.54, 1.807) is 0 Å². The molecule has 0 bridgehead atoms.